The third-order valence-electron chi connectivity index (χ3n) is 6.77. The summed E-state index contributed by atoms with van der Waals surface area (Å²) in [7, 11) is 0. The number of nitrogens with zero attached hydrogens (tertiary/aromatic N) is 4. The molecule has 0 spiro atoms. The molecule has 2 aliphatic rings. The van der Waals surface area contributed by atoms with E-state index in [1.54, 1.807) is 0 Å². The molecule has 2 saturated heterocycles. The predicted molar refractivity (Wildman–Crippen MR) is 132 cm³/mol. The summed E-state index contributed by atoms with van der Waals surface area (Å²) in [6, 6.07) is 16.0. The van der Waals surface area contributed by atoms with E-state index < -0.39 is 0 Å². The van der Waals surface area contributed by atoms with Crippen LogP contribution in [-0.2, 0) is 17.9 Å². The molecular formula is C26H30ClN5O2. The standard InChI is InChI=1S/C26H30ClN5O2/c27-23-6-2-1-5-22(23)25-29-24(34-30-25)18-31-15-11-20(12-16-31)26(33)28-17-19-7-9-21(10-8-19)32-13-3-4-14-32/h1-2,5-10,20H,3-4,11-18H2,(H,28,33). The molecule has 0 unspecified atom stereocenters. The largest absolute Gasteiger partial charge is 0.372 e. The molecule has 1 amide bonds. The molecule has 0 radical (unpaired) electrons. The molecule has 34 heavy (non-hydrogen) atoms. The van der Waals surface area contributed by atoms with Crippen LogP contribution in [0.25, 0.3) is 11.4 Å². The second-order valence-corrected chi connectivity index (χ2v) is 9.53. The number of carbonyl (C=O) groups excluding carboxylic acids is 1. The molecule has 178 valence electrons. The number of halogens is 1. The third kappa shape index (κ3) is 5.42. The van der Waals surface area contributed by atoms with Crippen LogP contribution in [0.1, 0.15) is 37.1 Å². The van der Waals surface area contributed by atoms with Gasteiger partial charge in [-0.25, -0.2) is 0 Å². The normalized spacial score (nSPS) is 17.3. The maximum absolute atomic E-state index is 12.7. The Morgan fingerprint density at radius 3 is 2.50 bits per heavy atom. The van der Waals surface area contributed by atoms with Gasteiger partial charge in [0.05, 0.1) is 11.6 Å². The molecule has 7 nitrogen and oxygen atoms in total. The molecular weight excluding hydrogens is 450 g/mol. The van der Waals surface area contributed by atoms with Gasteiger partial charge < -0.3 is 14.7 Å². The van der Waals surface area contributed by atoms with Gasteiger partial charge in [0.1, 0.15) is 0 Å². The molecule has 2 aromatic carbocycles. The van der Waals surface area contributed by atoms with Gasteiger partial charge in [-0.1, -0.05) is 41.0 Å². The second-order valence-electron chi connectivity index (χ2n) is 9.12. The molecule has 0 atom stereocenters. The van der Waals surface area contributed by atoms with E-state index in [2.05, 4.69) is 49.5 Å². The van der Waals surface area contributed by atoms with Crippen molar-refractivity contribution >= 4 is 23.2 Å². The minimum Gasteiger partial charge on any atom is -0.372 e. The van der Waals surface area contributed by atoms with Crippen LogP contribution in [0.15, 0.2) is 53.1 Å². The van der Waals surface area contributed by atoms with Crippen molar-refractivity contribution in [3.05, 3.63) is 65.0 Å². The minimum atomic E-state index is 0.0431. The SMILES string of the molecule is O=C(NCc1ccc(N2CCCC2)cc1)C1CCN(Cc2nc(-c3ccccc3Cl)no2)CC1. The fraction of sp³-hybridized carbons (Fsp3) is 0.423. The highest BCUT2D eigenvalue weighted by molar-refractivity contribution is 6.33. The van der Waals surface area contributed by atoms with Gasteiger partial charge in [-0.15, -0.1) is 0 Å². The van der Waals surface area contributed by atoms with Crippen molar-refractivity contribution in [3.63, 3.8) is 0 Å². The van der Waals surface area contributed by atoms with Crippen molar-refractivity contribution < 1.29 is 9.32 Å². The zero-order chi connectivity index (χ0) is 23.3. The number of hydrogen-bond acceptors (Lipinski definition) is 6. The average molecular weight is 480 g/mol. The van der Waals surface area contributed by atoms with Crippen molar-refractivity contribution in [1.82, 2.24) is 20.4 Å². The molecule has 1 aromatic heterocycles. The van der Waals surface area contributed by atoms with Gasteiger partial charge in [0.2, 0.25) is 17.6 Å². The first-order chi connectivity index (χ1) is 16.7. The van der Waals surface area contributed by atoms with Gasteiger partial charge in [-0.2, -0.15) is 4.98 Å². The highest BCUT2D eigenvalue weighted by Gasteiger charge is 2.26. The molecule has 1 N–H and O–H groups in total. The van der Waals surface area contributed by atoms with Gasteiger partial charge in [0.15, 0.2) is 0 Å². The highest BCUT2D eigenvalue weighted by Crippen LogP contribution is 2.26. The molecule has 5 rings (SSSR count). The summed E-state index contributed by atoms with van der Waals surface area (Å²) in [5.74, 6) is 1.25. The number of piperidine rings is 1. The summed E-state index contributed by atoms with van der Waals surface area (Å²) in [4.78, 5) is 21.9. The fourth-order valence-corrected chi connectivity index (χ4v) is 4.97. The summed E-state index contributed by atoms with van der Waals surface area (Å²) in [5, 5.41) is 7.80. The Labute approximate surface area is 205 Å². The summed E-state index contributed by atoms with van der Waals surface area (Å²) < 4.78 is 5.44. The van der Waals surface area contributed by atoms with Crippen LogP contribution in [0.2, 0.25) is 5.02 Å². The van der Waals surface area contributed by atoms with Crippen LogP contribution in [0.5, 0.6) is 0 Å². The van der Waals surface area contributed by atoms with Gasteiger partial charge in [0.25, 0.3) is 0 Å². The molecule has 0 bridgehead atoms. The van der Waals surface area contributed by atoms with E-state index in [9.17, 15) is 4.79 Å². The molecule has 3 aromatic rings. The van der Waals surface area contributed by atoms with E-state index >= 15 is 0 Å². The van der Waals surface area contributed by atoms with E-state index in [0.29, 0.717) is 29.8 Å². The van der Waals surface area contributed by atoms with Gasteiger partial charge in [-0.05, 0) is 68.6 Å². The van der Waals surface area contributed by atoms with Gasteiger partial charge in [-0.3, -0.25) is 9.69 Å². The first kappa shape index (κ1) is 22.9. The Bertz CT molecular complexity index is 1100. The number of hydrogen-bond donors (Lipinski definition) is 1. The molecule has 3 heterocycles. The Morgan fingerprint density at radius 1 is 1.03 bits per heavy atom. The fourth-order valence-electron chi connectivity index (χ4n) is 4.75. The molecule has 0 saturated carbocycles. The maximum atomic E-state index is 12.7. The van der Waals surface area contributed by atoms with Crippen LogP contribution < -0.4 is 10.2 Å². The van der Waals surface area contributed by atoms with Crippen molar-refractivity contribution in [2.24, 2.45) is 5.92 Å². The predicted octanol–water partition coefficient (Wildman–Crippen LogP) is 4.52. The summed E-state index contributed by atoms with van der Waals surface area (Å²) in [6.07, 6.45) is 4.20. The molecule has 8 heteroatoms. The van der Waals surface area contributed by atoms with Crippen LogP contribution in [0.4, 0.5) is 5.69 Å². The minimum absolute atomic E-state index is 0.0431. The Hall–Kier alpha value is -2.90. The summed E-state index contributed by atoms with van der Waals surface area (Å²) in [6.45, 7) is 5.09. The Kier molecular flexibility index (Phi) is 7.11. The van der Waals surface area contributed by atoms with Gasteiger partial charge >= 0.3 is 0 Å². The lowest BCUT2D eigenvalue weighted by atomic mass is 9.96. The number of rotatable bonds is 7. The van der Waals surface area contributed by atoms with E-state index in [1.165, 1.54) is 18.5 Å². The van der Waals surface area contributed by atoms with Crippen LogP contribution in [0, 0.1) is 5.92 Å². The molecule has 2 aliphatic heterocycles. The number of benzene rings is 2. The first-order valence-corrected chi connectivity index (χ1v) is 12.4. The summed E-state index contributed by atoms with van der Waals surface area (Å²) in [5.41, 5.74) is 3.18. The summed E-state index contributed by atoms with van der Waals surface area (Å²) >= 11 is 6.23. The number of amides is 1. The van der Waals surface area contributed by atoms with Gasteiger partial charge in [0, 0.05) is 36.8 Å². The number of anilines is 1. The second kappa shape index (κ2) is 10.6. The molecule has 0 aliphatic carbocycles. The highest BCUT2D eigenvalue weighted by atomic mass is 35.5. The van der Waals surface area contributed by atoms with Crippen molar-refractivity contribution in [3.8, 4) is 11.4 Å². The lowest BCUT2D eigenvalue weighted by Gasteiger charge is -2.30. The van der Waals surface area contributed by atoms with Crippen LogP contribution in [0.3, 0.4) is 0 Å². The van der Waals surface area contributed by atoms with Crippen LogP contribution in [-0.4, -0.2) is 47.1 Å². The first-order valence-electron chi connectivity index (χ1n) is 12.1. The van der Waals surface area contributed by atoms with Crippen molar-refractivity contribution in [2.45, 2.75) is 38.8 Å². The zero-order valence-electron chi connectivity index (χ0n) is 19.3. The zero-order valence-corrected chi connectivity index (χ0v) is 20.0. The Morgan fingerprint density at radius 2 is 1.76 bits per heavy atom. The van der Waals surface area contributed by atoms with E-state index in [0.717, 1.165) is 50.1 Å². The Balaban J connectivity index is 1.07. The van der Waals surface area contributed by atoms with E-state index in [1.807, 2.05) is 24.3 Å². The quantitative estimate of drug-likeness (QED) is 0.537. The monoisotopic (exact) mass is 479 g/mol. The third-order valence-corrected chi connectivity index (χ3v) is 7.10. The lowest BCUT2D eigenvalue weighted by molar-refractivity contribution is -0.126. The average Bonchev–Trinajstić information content (AvgIpc) is 3.57. The van der Waals surface area contributed by atoms with E-state index in [4.69, 9.17) is 16.1 Å². The van der Waals surface area contributed by atoms with Crippen molar-refractivity contribution in [2.75, 3.05) is 31.1 Å². The number of aromatic nitrogens is 2. The maximum Gasteiger partial charge on any atom is 0.241 e. The number of likely N-dealkylation sites (tertiary alicyclic amines) is 1. The lowest BCUT2D eigenvalue weighted by Crippen LogP contribution is -2.40. The molecule has 2 fully saturated rings. The van der Waals surface area contributed by atoms with Crippen LogP contribution >= 0.6 is 11.6 Å². The topological polar surface area (TPSA) is 74.5 Å². The number of carbonyl (C=O) groups is 1. The van der Waals surface area contributed by atoms with Crippen molar-refractivity contribution in [1.29, 1.82) is 0 Å². The van der Waals surface area contributed by atoms with E-state index in [-0.39, 0.29) is 11.8 Å². The smallest absolute Gasteiger partial charge is 0.241 e. The number of nitrogens with one attached hydrogen (secondary N) is 1.